The van der Waals surface area contributed by atoms with Gasteiger partial charge in [0.2, 0.25) is 0 Å². The van der Waals surface area contributed by atoms with E-state index in [1.807, 2.05) is 6.08 Å². The minimum atomic E-state index is -0.400. The first kappa shape index (κ1) is 8.93. The van der Waals surface area contributed by atoms with Crippen LogP contribution >= 0.6 is 0 Å². The molecule has 1 spiro atoms. The van der Waals surface area contributed by atoms with E-state index < -0.39 is 5.54 Å². The van der Waals surface area contributed by atoms with Crippen LogP contribution in [0, 0.1) is 0 Å². The Morgan fingerprint density at radius 2 is 2.18 bits per heavy atom. The van der Waals surface area contributed by atoms with E-state index in [2.05, 4.69) is 52.9 Å². The standard InChI is InChI=1S/C14H10N2O/c1-2-5-11-10(4-1)8-13-12(11)6-3-7-14(13)9-17-16-15-14/h1-8H,9H2. The summed E-state index contributed by atoms with van der Waals surface area (Å²) >= 11 is 0. The second-order valence-electron chi connectivity index (χ2n) is 4.46. The normalized spacial score (nSPS) is 27.5. The van der Waals surface area contributed by atoms with Crippen molar-refractivity contribution in [3.63, 3.8) is 0 Å². The summed E-state index contributed by atoms with van der Waals surface area (Å²) in [6.45, 7) is 0.501. The van der Waals surface area contributed by atoms with Gasteiger partial charge in [-0.25, -0.2) is 0 Å². The van der Waals surface area contributed by atoms with Crippen molar-refractivity contribution in [2.24, 2.45) is 10.4 Å². The largest absolute Gasteiger partial charge is 0.376 e. The van der Waals surface area contributed by atoms with Crippen LogP contribution in [0.15, 0.2) is 58.5 Å². The van der Waals surface area contributed by atoms with Crippen molar-refractivity contribution in [2.45, 2.75) is 5.54 Å². The lowest BCUT2D eigenvalue weighted by Gasteiger charge is -2.24. The molecule has 3 aliphatic rings. The summed E-state index contributed by atoms with van der Waals surface area (Å²) in [7, 11) is 0. The lowest BCUT2D eigenvalue weighted by Crippen LogP contribution is -2.29. The van der Waals surface area contributed by atoms with Crippen LogP contribution in [0.1, 0.15) is 11.1 Å². The zero-order chi connectivity index (χ0) is 11.3. The lowest BCUT2D eigenvalue weighted by molar-refractivity contribution is 0.160. The van der Waals surface area contributed by atoms with E-state index in [-0.39, 0.29) is 0 Å². The van der Waals surface area contributed by atoms with Gasteiger partial charge in [-0.1, -0.05) is 36.4 Å². The highest BCUT2D eigenvalue weighted by molar-refractivity contribution is 5.98. The third kappa shape index (κ3) is 1.06. The summed E-state index contributed by atoms with van der Waals surface area (Å²) in [5.74, 6) is 0. The van der Waals surface area contributed by atoms with Gasteiger partial charge < -0.3 is 4.84 Å². The molecule has 1 atom stereocenters. The quantitative estimate of drug-likeness (QED) is 0.663. The topological polar surface area (TPSA) is 34.0 Å². The van der Waals surface area contributed by atoms with E-state index in [1.54, 1.807) is 0 Å². The van der Waals surface area contributed by atoms with Gasteiger partial charge in [0, 0.05) is 5.28 Å². The van der Waals surface area contributed by atoms with Gasteiger partial charge in [-0.15, -0.1) is 5.11 Å². The molecule has 0 amide bonds. The number of rotatable bonds is 0. The van der Waals surface area contributed by atoms with Crippen LogP contribution in [0.25, 0.3) is 11.6 Å². The van der Waals surface area contributed by atoms with Gasteiger partial charge in [0.25, 0.3) is 0 Å². The fraction of sp³-hybridized carbons (Fsp3) is 0.143. The highest BCUT2D eigenvalue weighted by atomic mass is 16.7. The lowest BCUT2D eigenvalue weighted by atomic mass is 9.83. The average Bonchev–Trinajstić information content (AvgIpc) is 2.96. The van der Waals surface area contributed by atoms with Crippen LogP contribution in [0.4, 0.5) is 0 Å². The smallest absolute Gasteiger partial charge is 0.166 e. The van der Waals surface area contributed by atoms with Crippen LogP contribution in [-0.4, -0.2) is 12.1 Å². The van der Waals surface area contributed by atoms with Crippen LogP contribution in [0.2, 0.25) is 0 Å². The first-order chi connectivity index (χ1) is 8.39. The van der Waals surface area contributed by atoms with Gasteiger partial charge in [-0.3, -0.25) is 0 Å². The van der Waals surface area contributed by atoms with Crippen LogP contribution < -0.4 is 0 Å². The molecule has 0 radical (unpaired) electrons. The number of benzene rings is 1. The molecule has 3 nitrogen and oxygen atoms in total. The minimum Gasteiger partial charge on any atom is -0.376 e. The number of hydrogen-bond acceptors (Lipinski definition) is 3. The van der Waals surface area contributed by atoms with Crippen molar-refractivity contribution in [3.8, 4) is 0 Å². The van der Waals surface area contributed by atoms with Crippen LogP contribution in [0.5, 0.6) is 0 Å². The van der Waals surface area contributed by atoms with Crippen molar-refractivity contribution < 1.29 is 4.84 Å². The number of allylic oxidation sites excluding steroid dienone is 2. The molecule has 1 unspecified atom stereocenters. The fourth-order valence-corrected chi connectivity index (χ4v) is 2.65. The summed E-state index contributed by atoms with van der Waals surface area (Å²) in [5.41, 5.74) is 4.56. The Morgan fingerprint density at radius 1 is 1.24 bits per heavy atom. The predicted molar refractivity (Wildman–Crippen MR) is 65.1 cm³/mol. The number of nitrogens with zero attached hydrogens (tertiary/aromatic N) is 2. The summed E-state index contributed by atoms with van der Waals surface area (Å²) in [6.07, 6.45) is 8.43. The molecule has 1 aromatic carbocycles. The Balaban J connectivity index is 1.95. The Morgan fingerprint density at radius 3 is 3.06 bits per heavy atom. The predicted octanol–water partition coefficient (Wildman–Crippen LogP) is 3.17. The van der Waals surface area contributed by atoms with Crippen LogP contribution in [-0.2, 0) is 4.84 Å². The molecule has 3 heteroatoms. The maximum atomic E-state index is 5.08. The molecular formula is C14H10N2O. The molecule has 4 rings (SSSR count). The Bertz CT molecular complexity index is 625. The first-order valence-corrected chi connectivity index (χ1v) is 5.65. The SMILES string of the molecule is C1=CC2(CON=N2)C2=Cc3ccccc3C2=C1. The zero-order valence-corrected chi connectivity index (χ0v) is 9.13. The van der Waals surface area contributed by atoms with E-state index in [0.717, 1.165) is 0 Å². The molecule has 0 saturated carbocycles. The number of hydrogen-bond donors (Lipinski definition) is 0. The molecule has 1 heterocycles. The van der Waals surface area contributed by atoms with Crippen molar-refractivity contribution in [1.82, 2.24) is 0 Å². The Hall–Kier alpha value is -2.16. The van der Waals surface area contributed by atoms with Crippen molar-refractivity contribution in [3.05, 3.63) is 59.2 Å². The molecule has 82 valence electrons. The number of fused-ring (bicyclic) bond motifs is 4. The molecule has 1 aromatic rings. The molecule has 0 N–H and O–H groups in total. The molecule has 1 aliphatic heterocycles. The molecule has 0 saturated heterocycles. The molecular weight excluding hydrogens is 212 g/mol. The van der Waals surface area contributed by atoms with Gasteiger partial charge >= 0.3 is 0 Å². The van der Waals surface area contributed by atoms with Crippen molar-refractivity contribution >= 4 is 11.6 Å². The summed E-state index contributed by atoms with van der Waals surface area (Å²) in [5, 5.41) is 7.95. The van der Waals surface area contributed by atoms with E-state index >= 15 is 0 Å². The highest BCUT2D eigenvalue weighted by Gasteiger charge is 2.42. The van der Waals surface area contributed by atoms with Gasteiger partial charge in [0.15, 0.2) is 12.1 Å². The summed E-state index contributed by atoms with van der Waals surface area (Å²) in [6, 6.07) is 8.39. The molecule has 0 bridgehead atoms. The molecule has 2 aliphatic carbocycles. The van der Waals surface area contributed by atoms with Gasteiger partial charge in [0.1, 0.15) is 0 Å². The van der Waals surface area contributed by atoms with E-state index in [0.29, 0.717) is 6.61 Å². The average molecular weight is 222 g/mol. The fourth-order valence-electron chi connectivity index (χ4n) is 2.65. The Kier molecular flexibility index (Phi) is 1.55. The molecule has 0 fully saturated rings. The van der Waals surface area contributed by atoms with Crippen LogP contribution in [0.3, 0.4) is 0 Å². The van der Waals surface area contributed by atoms with Crippen molar-refractivity contribution in [1.29, 1.82) is 0 Å². The first-order valence-electron chi connectivity index (χ1n) is 5.65. The maximum absolute atomic E-state index is 5.08. The maximum Gasteiger partial charge on any atom is 0.166 e. The van der Waals surface area contributed by atoms with Gasteiger partial charge in [-0.2, -0.15) is 0 Å². The summed E-state index contributed by atoms with van der Waals surface area (Å²) < 4.78 is 0. The van der Waals surface area contributed by atoms with E-state index in [9.17, 15) is 0 Å². The second kappa shape index (κ2) is 2.94. The van der Waals surface area contributed by atoms with E-state index in [1.165, 1.54) is 22.3 Å². The van der Waals surface area contributed by atoms with Crippen molar-refractivity contribution in [2.75, 3.05) is 6.61 Å². The van der Waals surface area contributed by atoms with E-state index in [4.69, 9.17) is 4.84 Å². The van der Waals surface area contributed by atoms with Gasteiger partial charge in [0.05, 0.1) is 0 Å². The monoisotopic (exact) mass is 222 g/mol. The highest BCUT2D eigenvalue weighted by Crippen LogP contribution is 2.46. The third-order valence-corrected chi connectivity index (χ3v) is 3.50. The summed E-state index contributed by atoms with van der Waals surface area (Å²) in [4.78, 5) is 5.08. The molecule has 0 aromatic heterocycles. The third-order valence-electron chi connectivity index (χ3n) is 3.50. The van der Waals surface area contributed by atoms with Gasteiger partial charge in [-0.05, 0) is 34.4 Å². The molecule has 17 heavy (non-hydrogen) atoms. The minimum absolute atomic E-state index is 0.400. The zero-order valence-electron chi connectivity index (χ0n) is 9.13. The second-order valence-corrected chi connectivity index (χ2v) is 4.46. The Labute approximate surface area is 98.8 Å².